The Labute approximate surface area is 184 Å². The molecule has 30 heavy (non-hydrogen) atoms. The van der Waals surface area contributed by atoms with Gasteiger partial charge in [0.15, 0.2) is 4.77 Å². The van der Waals surface area contributed by atoms with Crippen LogP contribution in [0.25, 0.3) is 0 Å². The lowest BCUT2D eigenvalue weighted by atomic mass is 10.1. The topological polar surface area (TPSA) is 29.2 Å². The molecule has 158 valence electrons. The Balaban J connectivity index is 1.38. The molecule has 5 nitrogen and oxygen atoms in total. The fourth-order valence-electron chi connectivity index (χ4n) is 4.11. The largest absolute Gasteiger partial charge is 0.304 e. The number of rotatable bonds is 7. The van der Waals surface area contributed by atoms with Gasteiger partial charge in [-0.05, 0) is 42.8 Å². The number of piperazine rings is 1. The first kappa shape index (κ1) is 21.0. The highest BCUT2D eigenvalue weighted by atomic mass is 32.1. The number of hydrogen-bond donors (Lipinski definition) is 0. The molecular weight excluding hydrogens is 390 g/mol. The Morgan fingerprint density at radius 2 is 1.57 bits per heavy atom. The maximum atomic E-state index is 5.75. The van der Waals surface area contributed by atoms with Crippen LogP contribution in [0.15, 0.2) is 54.6 Å². The van der Waals surface area contributed by atoms with Crippen molar-refractivity contribution in [3.63, 3.8) is 0 Å². The molecule has 0 aliphatic carbocycles. The fourth-order valence-corrected chi connectivity index (χ4v) is 4.44. The number of aromatic nitrogens is 3. The molecule has 4 rings (SSSR count). The average molecular weight is 422 g/mol. The van der Waals surface area contributed by atoms with Crippen LogP contribution in [0.1, 0.15) is 29.4 Å². The molecule has 0 N–H and O–H groups in total. The van der Waals surface area contributed by atoms with Crippen LogP contribution in [0.4, 0.5) is 0 Å². The van der Waals surface area contributed by atoms with Gasteiger partial charge in [-0.15, -0.1) is 0 Å². The lowest BCUT2D eigenvalue weighted by molar-refractivity contribution is 0.0978. The molecule has 1 aliphatic rings. The Morgan fingerprint density at radius 1 is 0.900 bits per heavy atom. The summed E-state index contributed by atoms with van der Waals surface area (Å²) in [6.45, 7) is 11.2. The van der Waals surface area contributed by atoms with Crippen molar-refractivity contribution >= 4 is 12.2 Å². The maximum absolute atomic E-state index is 5.75. The highest BCUT2D eigenvalue weighted by Gasteiger charge is 2.19. The van der Waals surface area contributed by atoms with Gasteiger partial charge in [0.25, 0.3) is 0 Å². The highest BCUT2D eigenvalue weighted by Crippen LogP contribution is 2.14. The van der Waals surface area contributed by atoms with Crippen molar-refractivity contribution in [3.8, 4) is 0 Å². The van der Waals surface area contributed by atoms with Gasteiger partial charge in [-0.25, -0.2) is 4.68 Å². The van der Waals surface area contributed by atoms with Gasteiger partial charge in [0.1, 0.15) is 5.82 Å². The highest BCUT2D eigenvalue weighted by molar-refractivity contribution is 7.71. The van der Waals surface area contributed by atoms with E-state index in [1.165, 1.54) is 16.7 Å². The predicted molar refractivity (Wildman–Crippen MR) is 124 cm³/mol. The molecule has 1 fully saturated rings. The number of benzene rings is 2. The summed E-state index contributed by atoms with van der Waals surface area (Å²) in [5, 5.41) is 4.89. The first-order chi connectivity index (χ1) is 14.6. The summed E-state index contributed by atoms with van der Waals surface area (Å²) in [7, 11) is 0. The molecule has 1 aliphatic heterocycles. The molecule has 2 aromatic carbocycles. The van der Waals surface area contributed by atoms with E-state index in [1.807, 2.05) is 10.7 Å². The van der Waals surface area contributed by atoms with Gasteiger partial charge in [-0.2, -0.15) is 5.10 Å². The molecule has 3 aromatic rings. The van der Waals surface area contributed by atoms with Gasteiger partial charge >= 0.3 is 0 Å². The fraction of sp³-hybridized carbons (Fsp3) is 0.417. The van der Waals surface area contributed by atoms with E-state index in [-0.39, 0.29) is 0 Å². The number of aryl methyl sites for hydroxylation is 1. The minimum Gasteiger partial charge on any atom is -0.304 e. The second-order valence-electron chi connectivity index (χ2n) is 8.07. The summed E-state index contributed by atoms with van der Waals surface area (Å²) in [6, 6.07) is 19.2. The van der Waals surface area contributed by atoms with Crippen LogP contribution in [0, 0.1) is 11.7 Å². The van der Waals surface area contributed by atoms with Crippen molar-refractivity contribution in [2.24, 2.45) is 0 Å². The SMILES string of the molecule is CCn1c(Cc2ccccc2)nn(CN2CCN(Cc3ccccc3C)CC2)c1=S. The van der Waals surface area contributed by atoms with Crippen LogP contribution in [-0.2, 0) is 26.2 Å². The lowest BCUT2D eigenvalue weighted by Crippen LogP contribution is -2.46. The van der Waals surface area contributed by atoms with Crippen molar-refractivity contribution in [1.29, 1.82) is 0 Å². The van der Waals surface area contributed by atoms with Gasteiger partial charge in [-0.3, -0.25) is 9.80 Å². The molecule has 0 atom stereocenters. The lowest BCUT2D eigenvalue weighted by Gasteiger charge is -2.34. The molecular formula is C24H31N5S. The molecule has 0 amide bonds. The first-order valence-corrected chi connectivity index (χ1v) is 11.2. The van der Waals surface area contributed by atoms with Crippen molar-refractivity contribution < 1.29 is 0 Å². The summed E-state index contributed by atoms with van der Waals surface area (Å²) >= 11 is 5.75. The Hall–Kier alpha value is -2.28. The molecule has 2 heterocycles. The third kappa shape index (κ3) is 4.89. The zero-order valence-corrected chi connectivity index (χ0v) is 18.8. The average Bonchev–Trinajstić information content (AvgIpc) is 3.05. The zero-order chi connectivity index (χ0) is 20.9. The van der Waals surface area contributed by atoms with E-state index in [1.54, 1.807) is 0 Å². The first-order valence-electron chi connectivity index (χ1n) is 10.8. The van der Waals surface area contributed by atoms with Gasteiger partial charge in [0, 0.05) is 45.7 Å². The molecule has 6 heteroatoms. The van der Waals surface area contributed by atoms with E-state index in [0.717, 1.165) is 63.0 Å². The minimum absolute atomic E-state index is 0.770. The van der Waals surface area contributed by atoms with Crippen molar-refractivity contribution in [2.45, 2.75) is 40.0 Å². The van der Waals surface area contributed by atoms with Gasteiger partial charge < -0.3 is 4.57 Å². The third-order valence-corrected chi connectivity index (χ3v) is 6.41. The quantitative estimate of drug-likeness (QED) is 0.537. The van der Waals surface area contributed by atoms with Crippen LogP contribution < -0.4 is 0 Å². The number of hydrogen-bond acceptors (Lipinski definition) is 4. The Morgan fingerprint density at radius 3 is 2.27 bits per heavy atom. The molecule has 0 saturated carbocycles. The van der Waals surface area contributed by atoms with Gasteiger partial charge in [0.05, 0.1) is 6.67 Å². The summed E-state index contributed by atoms with van der Waals surface area (Å²) in [5.41, 5.74) is 4.08. The van der Waals surface area contributed by atoms with Crippen LogP contribution in [0.5, 0.6) is 0 Å². The van der Waals surface area contributed by atoms with Crippen molar-refractivity contribution in [3.05, 3.63) is 81.9 Å². The second kappa shape index (κ2) is 9.69. The van der Waals surface area contributed by atoms with Crippen molar-refractivity contribution in [1.82, 2.24) is 24.1 Å². The predicted octanol–water partition coefficient (Wildman–Crippen LogP) is 4.11. The smallest absolute Gasteiger partial charge is 0.199 e. The molecule has 0 spiro atoms. The van der Waals surface area contributed by atoms with E-state index < -0.39 is 0 Å². The van der Waals surface area contributed by atoms with Crippen LogP contribution >= 0.6 is 12.2 Å². The van der Waals surface area contributed by atoms with Crippen molar-refractivity contribution in [2.75, 3.05) is 26.2 Å². The number of nitrogens with zero attached hydrogens (tertiary/aromatic N) is 5. The van der Waals surface area contributed by atoms with Crippen LogP contribution in [0.3, 0.4) is 0 Å². The third-order valence-electron chi connectivity index (χ3n) is 5.97. The van der Waals surface area contributed by atoms with E-state index >= 15 is 0 Å². The molecule has 0 bridgehead atoms. The summed E-state index contributed by atoms with van der Waals surface area (Å²) in [6.07, 6.45) is 0.815. The van der Waals surface area contributed by atoms with E-state index in [2.05, 4.69) is 76.7 Å². The van der Waals surface area contributed by atoms with Crippen LogP contribution in [-0.4, -0.2) is 50.3 Å². The maximum Gasteiger partial charge on any atom is 0.199 e. The van der Waals surface area contributed by atoms with E-state index in [4.69, 9.17) is 17.3 Å². The summed E-state index contributed by atoms with van der Waals surface area (Å²) < 4.78 is 5.00. The summed E-state index contributed by atoms with van der Waals surface area (Å²) in [4.78, 5) is 5.01. The minimum atomic E-state index is 0.770. The van der Waals surface area contributed by atoms with Gasteiger partial charge in [0.2, 0.25) is 0 Å². The monoisotopic (exact) mass is 421 g/mol. The zero-order valence-electron chi connectivity index (χ0n) is 18.0. The molecule has 0 unspecified atom stereocenters. The molecule has 0 radical (unpaired) electrons. The van der Waals surface area contributed by atoms with E-state index in [0.29, 0.717) is 0 Å². The standard InChI is InChI=1S/C24H31N5S/c1-3-28-23(17-21-10-5-4-6-11-21)25-29(24(28)30)19-27-15-13-26(14-16-27)18-22-12-8-7-9-20(22)2/h4-12H,3,13-19H2,1-2H3. The second-order valence-corrected chi connectivity index (χ2v) is 8.43. The normalized spacial score (nSPS) is 15.5. The molecule has 1 aromatic heterocycles. The van der Waals surface area contributed by atoms with E-state index in [9.17, 15) is 0 Å². The summed E-state index contributed by atoms with van der Waals surface area (Å²) in [5.74, 6) is 1.05. The van der Waals surface area contributed by atoms with Gasteiger partial charge in [-0.1, -0.05) is 54.6 Å². The Kier molecular flexibility index (Phi) is 6.77. The molecule has 1 saturated heterocycles. The van der Waals surface area contributed by atoms with Crippen LogP contribution in [0.2, 0.25) is 0 Å². The Bertz CT molecular complexity index is 1020.